The highest BCUT2D eigenvalue weighted by Crippen LogP contribution is 2.43. The molecule has 8 rings (SSSR count). The number of carbonyl (C=O) groups is 1. The fourth-order valence-electron chi connectivity index (χ4n) is 8.74. The van der Waals surface area contributed by atoms with Gasteiger partial charge in [-0.15, -0.1) is 0 Å². The summed E-state index contributed by atoms with van der Waals surface area (Å²) in [6, 6.07) is 11.8. The number of likely N-dealkylation sites (tertiary alicyclic amines) is 1. The molecule has 0 atom stereocenters. The minimum Gasteiger partial charge on any atom is -0.478 e. The third kappa shape index (κ3) is 6.17. The first-order chi connectivity index (χ1) is 24.2. The molecule has 1 N–H and O–H groups in total. The van der Waals surface area contributed by atoms with Crippen molar-refractivity contribution in [1.29, 1.82) is 0 Å². The zero-order valence-electron chi connectivity index (χ0n) is 28.9. The Morgan fingerprint density at radius 2 is 1.66 bits per heavy atom. The summed E-state index contributed by atoms with van der Waals surface area (Å²) in [4.78, 5) is 20.9. The molecule has 4 aliphatic heterocycles. The molecular formula is C38H46F2N8O2. The number of benzene rings is 2. The Kier molecular flexibility index (Phi) is 8.84. The third-order valence-electron chi connectivity index (χ3n) is 11.4. The van der Waals surface area contributed by atoms with E-state index >= 15 is 0 Å². The predicted molar refractivity (Wildman–Crippen MR) is 190 cm³/mol. The summed E-state index contributed by atoms with van der Waals surface area (Å²) in [7, 11) is 3.96. The van der Waals surface area contributed by atoms with E-state index in [0.29, 0.717) is 23.2 Å². The van der Waals surface area contributed by atoms with Crippen LogP contribution in [-0.2, 0) is 26.4 Å². The number of piperidine rings is 2. The molecule has 0 spiro atoms. The van der Waals surface area contributed by atoms with E-state index in [0.717, 1.165) is 119 Å². The van der Waals surface area contributed by atoms with Crippen LogP contribution >= 0.6 is 0 Å². The number of anilines is 3. The van der Waals surface area contributed by atoms with Crippen LogP contribution < -0.4 is 9.80 Å². The van der Waals surface area contributed by atoms with Crippen LogP contribution in [0.5, 0.6) is 0 Å². The van der Waals surface area contributed by atoms with Crippen molar-refractivity contribution >= 4 is 23.2 Å². The maximum atomic E-state index is 14.6. The maximum Gasteiger partial charge on any atom is 0.335 e. The van der Waals surface area contributed by atoms with Gasteiger partial charge in [0.2, 0.25) is 0 Å². The average molecular weight is 685 g/mol. The quantitative estimate of drug-likeness (QED) is 0.243. The molecule has 12 heteroatoms. The van der Waals surface area contributed by atoms with Crippen molar-refractivity contribution in [3.63, 3.8) is 0 Å². The molecular weight excluding hydrogens is 638 g/mol. The van der Waals surface area contributed by atoms with Crippen LogP contribution in [0.25, 0.3) is 11.1 Å². The van der Waals surface area contributed by atoms with Gasteiger partial charge in [-0.3, -0.25) is 9.36 Å². The number of fused-ring (bicyclic) bond motifs is 2. The monoisotopic (exact) mass is 684 g/mol. The molecule has 0 bridgehead atoms. The number of aryl methyl sites for hydroxylation is 2. The molecule has 10 nitrogen and oxygen atoms in total. The predicted octanol–water partition coefficient (Wildman–Crippen LogP) is 6.30. The first-order valence-corrected chi connectivity index (χ1v) is 18.1. The van der Waals surface area contributed by atoms with Crippen LogP contribution in [0, 0.1) is 0 Å². The summed E-state index contributed by atoms with van der Waals surface area (Å²) < 4.78 is 33.2. The molecule has 50 heavy (non-hydrogen) atoms. The number of hydrogen-bond acceptors (Lipinski definition) is 7. The van der Waals surface area contributed by atoms with Crippen LogP contribution in [0.3, 0.4) is 0 Å². The zero-order valence-corrected chi connectivity index (χ0v) is 28.9. The zero-order chi connectivity index (χ0) is 34.5. The van der Waals surface area contributed by atoms with Crippen molar-refractivity contribution in [2.24, 2.45) is 7.05 Å². The van der Waals surface area contributed by atoms with Gasteiger partial charge in [0.25, 0.3) is 6.43 Å². The molecule has 4 aromatic rings. The Bertz CT molecular complexity index is 1850. The fraction of sp³-hybridized carbons (Fsp3) is 0.500. The number of carboxylic acid groups (broad SMARTS) is 1. The van der Waals surface area contributed by atoms with Crippen LogP contribution in [0.2, 0.25) is 0 Å². The summed E-state index contributed by atoms with van der Waals surface area (Å²) in [6.07, 6.45) is 7.87. The summed E-state index contributed by atoms with van der Waals surface area (Å²) in [5.41, 5.74) is 7.24. The Balaban J connectivity index is 1.00. The minimum absolute atomic E-state index is 0.0448. The maximum absolute atomic E-state index is 14.6. The number of aromatic carboxylic acids is 1. The summed E-state index contributed by atoms with van der Waals surface area (Å²) >= 11 is 0. The first kappa shape index (κ1) is 32.9. The van der Waals surface area contributed by atoms with Gasteiger partial charge < -0.3 is 24.7 Å². The number of halogens is 2. The lowest BCUT2D eigenvalue weighted by Gasteiger charge is -2.42. The minimum atomic E-state index is -2.60. The Morgan fingerprint density at radius 1 is 0.920 bits per heavy atom. The first-order valence-electron chi connectivity index (χ1n) is 18.1. The summed E-state index contributed by atoms with van der Waals surface area (Å²) in [6.45, 7) is 6.55. The highest BCUT2D eigenvalue weighted by molar-refractivity contribution is 5.88. The van der Waals surface area contributed by atoms with Gasteiger partial charge in [0, 0.05) is 105 Å². The van der Waals surface area contributed by atoms with E-state index in [1.165, 1.54) is 11.3 Å². The highest BCUT2D eigenvalue weighted by Gasteiger charge is 2.35. The van der Waals surface area contributed by atoms with Crippen molar-refractivity contribution in [1.82, 2.24) is 29.4 Å². The number of alkyl halides is 2. The normalized spacial score (nSPS) is 19.6. The van der Waals surface area contributed by atoms with Gasteiger partial charge >= 0.3 is 5.97 Å². The SMILES string of the molecule is CN1CCc2c(c(N3CCCc4cc(-c5cnn(C)c5)c(C(F)F)cc43)nn2C2CCN(C3CCN(c4ccc(C(=O)O)cc4)CC3)CC2)C1. The molecule has 0 radical (unpaired) electrons. The molecule has 6 heterocycles. The molecule has 2 aromatic heterocycles. The summed E-state index contributed by atoms with van der Waals surface area (Å²) in [5, 5.41) is 18.9. The van der Waals surface area contributed by atoms with Gasteiger partial charge in [0.1, 0.15) is 0 Å². The van der Waals surface area contributed by atoms with E-state index < -0.39 is 12.4 Å². The molecule has 2 aromatic carbocycles. The van der Waals surface area contributed by atoms with Crippen molar-refractivity contribution in [2.45, 2.75) is 70.0 Å². The Hall–Kier alpha value is -4.29. The second kappa shape index (κ2) is 13.4. The molecule has 0 aliphatic carbocycles. The lowest BCUT2D eigenvalue weighted by atomic mass is 9.92. The molecule has 0 unspecified atom stereocenters. The van der Waals surface area contributed by atoms with Crippen molar-refractivity contribution < 1.29 is 18.7 Å². The molecule has 0 amide bonds. The van der Waals surface area contributed by atoms with Crippen LogP contribution in [0.15, 0.2) is 48.8 Å². The smallest absolute Gasteiger partial charge is 0.335 e. The van der Waals surface area contributed by atoms with Gasteiger partial charge in [-0.2, -0.15) is 10.2 Å². The van der Waals surface area contributed by atoms with Gasteiger partial charge in [-0.25, -0.2) is 13.6 Å². The van der Waals surface area contributed by atoms with E-state index in [2.05, 4.69) is 36.4 Å². The lowest BCUT2D eigenvalue weighted by Crippen LogP contribution is -2.48. The van der Waals surface area contributed by atoms with Gasteiger partial charge in [-0.1, -0.05) is 0 Å². The van der Waals surface area contributed by atoms with Gasteiger partial charge in [-0.05, 0) is 93.1 Å². The molecule has 2 saturated heterocycles. The van der Waals surface area contributed by atoms with Gasteiger partial charge in [0.15, 0.2) is 5.82 Å². The van der Waals surface area contributed by atoms with E-state index in [9.17, 15) is 18.7 Å². The molecule has 264 valence electrons. The van der Waals surface area contributed by atoms with E-state index in [-0.39, 0.29) is 5.56 Å². The third-order valence-corrected chi connectivity index (χ3v) is 11.4. The second-order valence-corrected chi connectivity index (χ2v) is 14.5. The lowest BCUT2D eigenvalue weighted by molar-refractivity contribution is 0.0697. The van der Waals surface area contributed by atoms with Crippen molar-refractivity contribution in [3.05, 3.63) is 76.7 Å². The average Bonchev–Trinajstić information content (AvgIpc) is 3.74. The number of nitrogens with zero attached hydrogens (tertiary/aromatic N) is 8. The van der Waals surface area contributed by atoms with E-state index in [1.807, 2.05) is 25.2 Å². The number of carboxylic acids is 1. The van der Waals surface area contributed by atoms with Crippen molar-refractivity contribution in [3.8, 4) is 11.1 Å². The van der Waals surface area contributed by atoms with Crippen LogP contribution in [0.1, 0.15) is 77.3 Å². The highest BCUT2D eigenvalue weighted by atomic mass is 19.3. The topological polar surface area (TPSA) is 85.9 Å². The number of aromatic nitrogens is 4. The molecule has 0 saturated carbocycles. The van der Waals surface area contributed by atoms with Crippen LogP contribution in [-0.4, -0.2) is 92.8 Å². The van der Waals surface area contributed by atoms with E-state index in [1.54, 1.807) is 35.3 Å². The molecule has 2 fully saturated rings. The number of hydrogen-bond donors (Lipinski definition) is 1. The largest absolute Gasteiger partial charge is 0.478 e. The van der Waals surface area contributed by atoms with E-state index in [4.69, 9.17) is 5.10 Å². The number of likely N-dealkylation sites (N-methyl/N-ethyl adjacent to an activating group) is 1. The summed E-state index contributed by atoms with van der Waals surface area (Å²) in [5.74, 6) is 0.0434. The van der Waals surface area contributed by atoms with Crippen LogP contribution in [0.4, 0.5) is 26.0 Å². The number of rotatable bonds is 7. The molecule has 4 aliphatic rings. The van der Waals surface area contributed by atoms with Gasteiger partial charge in [0.05, 0.1) is 17.8 Å². The standard InChI is InChI=1S/C38H46F2N8O2/c1-43-15-13-34-33(24-43)37(47-14-3-4-26-20-31(27-22-41-44(2)23-27)32(36(39)40)21-35(26)47)42-48(34)30-11-18-46(19-12-30)29-9-16-45(17-10-29)28-7-5-25(6-8-28)38(49)50/h5-8,20-23,29-30,36H,3-4,9-19,24H2,1-2H3,(H,49,50). The Morgan fingerprint density at radius 3 is 2.34 bits per heavy atom. The second-order valence-electron chi connectivity index (χ2n) is 14.5. The van der Waals surface area contributed by atoms with Crippen molar-refractivity contribution in [2.75, 3.05) is 56.1 Å². The fourth-order valence-corrected chi connectivity index (χ4v) is 8.74. The Labute approximate surface area is 291 Å².